The van der Waals surface area contributed by atoms with E-state index in [1.165, 1.54) is 19.2 Å². The molecule has 10 nitrogen and oxygen atoms in total. The molecule has 0 saturated heterocycles. The predicted octanol–water partition coefficient (Wildman–Crippen LogP) is 4.53. The summed E-state index contributed by atoms with van der Waals surface area (Å²) in [5.41, 5.74) is 7.07. The monoisotopic (exact) mass is 621 g/mol. The third kappa shape index (κ3) is 5.81. The summed E-state index contributed by atoms with van der Waals surface area (Å²) in [5, 5.41) is 15.0. The van der Waals surface area contributed by atoms with E-state index in [4.69, 9.17) is 31.8 Å². The Morgan fingerprint density at radius 2 is 1.95 bits per heavy atom. The number of aromatic nitrogens is 3. The maximum atomic E-state index is 14.5. The number of aliphatic hydroxyl groups is 1. The van der Waals surface area contributed by atoms with Gasteiger partial charge in [-0.15, -0.1) is 0 Å². The summed E-state index contributed by atoms with van der Waals surface area (Å²) in [6.45, 7) is 1.85. The number of methoxy groups -OCH3 is 1. The number of fused-ring (bicyclic) bond motifs is 1. The third-order valence-corrected chi connectivity index (χ3v) is 8.43. The van der Waals surface area contributed by atoms with Crippen molar-refractivity contribution in [2.75, 3.05) is 20.3 Å². The number of nitrogens with zero attached hydrogens (tertiary/aromatic N) is 3. The zero-order chi connectivity index (χ0) is 31.2. The van der Waals surface area contributed by atoms with Crippen molar-refractivity contribution in [3.05, 3.63) is 76.1 Å². The van der Waals surface area contributed by atoms with E-state index in [1.807, 2.05) is 6.20 Å². The quantitative estimate of drug-likeness (QED) is 0.211. The van der Waals surface area contributed by atoms with Crippen LogP contribution in [0.3, 0.4) is 0 Å². The molecule has 0 aliphatic heterocycles. The van der Waals surface area contributed by atoms with Crippen LogP contribution in [0.15, 0.2) is 42.7 Å². The molecule has 12 heteroatoms. The maximum Gasteiger partial charge on any atom is 0.253 e. The Labute approximate surface area is 258 Å². The molecule has 44 heavy (non-hydrogen) atoms. The van der Waals surface area contributed by atoms with Crippen molar-refractivity contribution in [3.63, 3.8) is 0 Å². The van der Waals surface area contributed by atoms with Gasteiger partial charge in [0.05, 0.1) is 48.7 Å². The molecule has 2 amide bonds. The summed E-state index contributed by atoms with van der Waals surface area (Å²) in [5.74, 6) is -0.759. The van der Waals surface area contributed by atoms with Crippen molar-refractivity contribution in [2.45, 2.75) is 50.5 Å². The molecule has 230 valence electrons. The largest absolute Gasteiger partial charge is 0.493 e. The SMILES string of the molecule is CCOc1c(CC(N)=O)cc([C@@](O)(CNC(=O)c2cc(OC)c3nc(C4CC4)cn3c2)C2CC2)nc1-c1ccc(Cl)c(F)c1. The number of halogens is 2. The van der Waals surface area contributed by atoms with E-state index in [0.29, 0.717) is 46.8 Å². The van der Waals surface area contributed by atoms with Gasteiger partial charge in [-0.05, 0) is 62.8 Å². The van der Waals surface area contributed by atoms with Crippen molar-refractivity contribution in [3.8, 4) is 22.8 Å². The van der Waals surface area contributed by atoms with Crippen molar-refractivity contribution >= 4 is 29.1 Å². The van der Waals surface area contributed by atoms with Gasteiger partial charge < -0.3 is 30.0 Å². The average Bonchev–Trinajstić information content (AvgIpc) is 3.94. The fourth-order valence-electron chi connectivity index (χ4n) is 5.53. The summed E-state index contributed by atoms with van der Waals surface area (Å²) in [7, 11) is 1.53. The van der Waals surface area contributed by atoms with Gasteiger partial charge in [0, 0.05) is 29.4 Å². The molecule has 0 unspecified atom stereocenters. The second-order valence-corrected chi connectivity index (χ2v) is 11.8. The molecule has 2 aliphatic carbocycles. The van der Waals surface area contributed by atoms with Gasteiger partial charge in [-0.2, -0.15) is 0 Å². The topological polar surface area (TPSA) is 141 Å². The zero-order valence-electron chi connectivity index (χ0n) is 24.4. The van der Waals surface area contributed by atoms with Gasteiger partial charge in [-0.3, -0.25) is 9.59 Å². The smallest absolute Gasteiger partial charge is 0.253 e. The van der Waals surface area contributed by atoms with E-state index in [2.05, 4.69) is 10.3 Å². The van der Waals surface area contributed by atoms with Crippen LogP contribution in [0.25, 0.3) is 16.9 Å². The van der Waals surface area contributed by atoms with Crippen molar-refractivity contribution in [1.29, 1.82) is 0 Å². The van der Waals surface area contributed by atoms with Gasteiger partial charge in [0.1, 0.15) is 22.9 Å². The Morgan fingerprint density at radius 1 is 1.18 bits per heavy atom. The number of amides is 2. The van der Waals surface area contributed by atoms with E-state index in [0.717, 1.165) is 18.5 Å². The van der Waals surface area contributed by atoms with E-state index in [9.17, 15) is 19.1 Å². The predicted molar refractivity (Wildman–Crippen MR) is 161 cm³/mol. The van der Waals surface area contributed by atoms with Gasteiger partial charge >= 0.3 is 0 Å². The first-order chi connectivity index (χ1) is 21.1. The lowest BCUT2D eigenvalue weighted by Gasteiger charge is -2.30. The Bertz CT molecular complexity index is 1770. The molecule has 3 heterocycles. The molecule has 0 bridgehead atoms. The van der Waals surface area contributed by atoms with E-state index in [-0.39, 0.29) is 47.7 Å². The summed E-state index contributed by atoms with van der Waals surface area (Å²) in [6.07, 6.45) is 7.00. The molecule has 0 spiro atoms. The maximum absolute atomic E-state index is 14.5. The van der Waals surface area contributed by atoms with Crippen LogP contribution >= 0.6 is 11.6 Å². The number of nitrogens with two attached hydrogens (primary N) is 1. The summed E-state index contributed by atoms with van der Waals surface area (Å²) in [4.78, 5) is 35.0. The first kappa shape index (κ1) is 29.8. The summed E-state index contributed by atoms with van der Waals surface area (Å²) in [6, 6.07) is 7.40. The zero-order valence-corrected chi connectivity index (χ0v) is 25.2. The molecule has 4 N–H and O–H groups in total. The van der Waals surface area contributed by atoms with E-state index < -0.39 is 23.2 Å². The van der Waals surface area contributed by atoms with Crippen LogP contribution in [0, 0.1) is 11.7 Å². The molecule has 2 aliphatic rings. The highest BCUT2D eigenvalue weighted by molar-refractivity contribution is 6.30. The van der Waals surface area contributed by atoms with Crippen LogP contribution in [0.4, 0.5) is 4.39 Å². The van der Waals surface area contributed by atoms with Crippen LogP contribution in [0.2, 0.25) is 5.02 Å². The number of nitrogens with one attached hydrogen (secondary N) is 1. The lowest BCUT2D eigenvalue weighted by Crippen LogP contribution is -2.43. The Hall–Kier alpha value is -4.22. The molecule has 6 rings (SSSR count). The summed E-state index contributed by atoms with van der Waals surface area (Å²) >= 11 is 5.93. The normalized spacial score (nSPS) is 16.0. The van der Waals surface area contributed by atoms with E-state index in [1.54, 1.807) is 35.7 Å². The van der Waals surface area contributed by atoms with Gasteiger partial charge in [0.25, 0.3) is 5.91 Å². The van der Waals surface area contributed by atoms with Crippen LogP contribution in [-0.2, 0) is 16.8 Å². The second kappa shape index (κ2) is 11.7. The fraction of sp³-hybridized carbons (Fsp3) is 0.375. The number of carbonyl (C=O) groups is 2. The minimum Gasteiger partial charge on any atom is -0.493 e. The first-order valence-corrected chi connectivity index (χ1v) is 15.0. The van der Waals surface area contributed by atoms with Gasteiger partial charge in [0.15, 0.2) is 11.4 Å². The van der Waals surface area contributed by atoms with Crippen molar-refractivity contribution < 1.29 is 28.6 Å². The second-order valence-electron chi connectivity index (χ2n) is 11.4. The van der Waals surface area contributed by atoms with Gasteiger partial charge in [0.2, 0.25) is 5.91 Å². The van der Waals surface area contributed by atoms with Crippen molar-refractivity contribution in [1.82, 2.24) is 19.7 Å². The van der Waals surface area contributed by atoms with Gasteiger partial charge in [-0.25, -0.2) is 14.4 Å². The molecule has 3 aromatic heterocycles. The fourth-order valence-corrected chi connectivity index (χ4v) is 5.65. The number of primary amides is 1. The molecule has 0 radical (unpaired) electrons. The number of rotatable bonds is 12. The number of ether oxygens (including phenoxy) is 2. The van der Waals surface area contributed by atoms with Crippen LogP contribution in [-0.4, -0.2) is 51.6 Å². The van der Waals surface area contributed by atoms with Gasteiger partial charge in [-0.1, -0.05) is 17.7 Å². The standard InChI is InChI=1S/C32H33ClFN5O5/c1-3-44-29-19(13-27(35)40)12-26(38-28(29)18-6-9-22(33)23(34)10-18)32(42,21-7-8-21)16-36-31(41)20-11-25(43-2)30-37-24(17-4-5-17)15-39(30)14-20/h6,9-12,14-15,17,21,42H,3-5,7-8,13,16H2,1-2H3,(H2,35,40)(H,36,41)/t32-/m1/s1. The summed E-state index contributed by atoms with van der Waals surface area (Å²) < 4.78 is 27.7. The molecular formula is C32H33ClFN5O5. The molecule has 4 aromatic rings. The molecule has 2 fully saturated rings. The lowest BCUT2D eigenvalue weighted by molar-refractivity contribution is -0.117. The number of carbonyl (C=O) groups excluding carboxylic acids is 2. The minimum atomic E-state index is -1.60. The average molecular weight is 622 g/mol. The highest BCUT2D eigenvalue weighted by Crippen LogP contribution is 2.47. The van der Waals surface area contributed by atoms with Crippen molar-refractivity contribution in [2.24, 2.45) is 11.7 Å². The van der Waals surface area contributed by atoms with Crippen LogP contribution in [0.5, 0.6) is 11.5 Å². The highest BCUT2D eigenvalue weighted by Gasteiger charge is 2.47. The Morgan fingerprint density at radius 3 is 2.59 bits per heavy atom. The number of hydrogen-bond acceptors (Lipinski definition) is 7. The third-order valence-electron chi connectivity index (χ3n) is 8.12. The molecular weight excluding hydrogens is 589 g/mol. The molecule has 1 aromatic carbocycles. The van der Waals surface area contributed by atoms with Crippen LogP contribution < -0.4 is 20.5 Å². The van der Waals surface area contributed by atoms with E-state index >= 15 is 0 Å². The minimum absolute atomic E-state index is 0.0632. The molecule has 1 atom stereocenters. The Balaban J connectivity index is 1.36. The number of pyridine rings is 2. The Kier molecular flexibility index (Phi) is 7.93. The highest BCUT2D eigenvalue weighted by atomic mass is 35.5. The first-order valence-electron chi connectivity index (χ1n) is 14.6. The molecule has 2 saturated carbocycles. The van der Waals surface area contributed by atoms with Crippen LogP contribution in [0.1, 0.15) is 65.8 Å². The number of benzene rings is 1. The number of hydrogen-bond donors (Lipinski definition) is 3. The number of imidazole rings is 1. The lowest BCUT2D eigenvalue weighted by atomic mass is 9.90.